The topological polar surface area (TPSA) is 112 Å². The van der Waals surface area contributed by atoms with Crippen molar-refractivity contribution >= 4 is 16.3 Å². The van der Waals surface area contributed by atoms with Gasteiger partial charge in [-0.1, -0.05) is 0 Å². The molecule has 0 fully saturated rings. The van der Waals surface area contributed by atoms with Crippen LogP contribution in [0.5, 0.6) is 0 Å². The Hall–Kier alpha value is -0.820. The predicted molar refractivity (Wildman–Crippen MR) is 32.7 cm³/mol. The van der Waals surface area contributed by atoms with Gasteiger partial charge in [-0.2, -0.15) is 8.42 Å². The maximum Gasteiger partial charge on any atom is 0.503 e. The number of carboxylic acid groups (broad SMARTS) is 2. The van der Waals surface area contributed by atoms with Crippen molar-refractivity contribution in [2.24, 2.45) is 0 Å². The summed E-state index contributed by atoms with van der Waals surface area (Å²) in [5.74, 6) is -0.201. The highest BCUT2D eigenvalue weighted by molar-refractivity contribution is 7.85. The highest BCUT2D eigenvalue weighted by Crippen LogP contribution is 1.74. The fourth-order valence-corrected chi connectivity index (χ4v) is 0. The number of carbonyl (C=O) groups is 1. The molecule has 0 amide bonds. The van der Waals surface area contributed by atoms with Gasteiger partial charge in [0.25, 0.3) is 10.1 Å². The van der Waals surface area contributed by atoms with Gasteiger partial charge in [-0.25, -0.2) is 4.79 Å². The summed E-state index contributed by atoms with van der Waals surface area (Å²) in [5.41, 5.74) is 0. The van der Waals surface area contributed by atoms with Crippen molar-refractivity contribution in [3.05, 3.63) is 0 Å². The summed E-state index contributed by atoms with van der Waals surface area (Å²) in [6.07, 6.45) is -1.83. The zero-order valence-electron chi connectivity index (χ0n) is 5.18. The van der Waals surface area contributed by atoms with Crippen molar-refractivity contribution in [2.75, 3.05) is 5.75 Å². The van der Waals surface area contributed by atoms with Gasteiger partial charge in [-0.3, -0.25) is 4.55 Å². The minimum atomic E-state index is -3.66. The fraction of sp³-hybridized carbons (Fsp3) is 0.667. The Labute approximate surface area is 57.9 Å². The number of rotatable bonds is 1. The van der Waals surface area contributed by atoms with E-state index in [1.807, 2.05) is 0 Å². The van der Waals surface area contributed by atoms with Crippen LogP contribution in [-0.2, 0) is 10.1 Å². The molecule has 0 bridgehead atoms. The van der Waals surface area contributed by atoms with Crippen LogP contribution in [0.1, 0.15) is 6.92 Å². The lowest BCUT2D eigenvalue weighted by Crippen LogP contribution is -1.97. The van der Waals surface area contributed by atoms with Crippen LogP contribution in [0, 0.1) is 0 Å². The molecule has 0 aromatic heterocycles. The van der Waals surface area contributed by atoms with E-state index in [4.69, 9.17) is 19.6 Å². The van der Waals surface area contributed by atoms with E-state index in [9.17, 15) is 8.42 Å². The van der Waals surface area contributed by atoms with Gasteiger partial charge in [0.2, 0.25) is 0 Å². The van der Waals surface area contributed by atoms with Crippen LogP contribution in [0.25, 0.3) is 0 Å². The molecule has 0 saturated carbocycles. The van der Waals surface area contributed by atoms with E-state index in [0.29, 0.717) is 0 Å². The van der Waals surface area contributed by atoms with Crippen LogP contribution < -0.4 is 0 Å². The second kappa shape index (κ2) is 5.00. The lowest BCUT2D eigenvalue weighted by atomic mass is 11.0. The lowest BCUT2D eigenvalue weighted by Gasteiger charge is -1.79. The molecule has 0 aliphatic rings. The third-order valence-electron chi connectivity index (χ3n) is 0.365. The van der Waals surface area contributed by atoms with Crippen LogP contribution in [-0.4, -0.2) is 35.1 Å². The summed E-state index contributed by atoms with van der Waals surface area (Å²) in [7, 11) is -3.66. The quantitative estimate of drug-likeness (QED) is 0.484. The molecular formula is C3H8O6S. The van der Waals surface area contributed by atoms with Gasteiger partial charge in [0, 0.05) is 0 Å². The Balaban J connectivity index is 0. The Morgan fingerprint density at radius 1 is 1.40 bits per heavy atom. The van der Waals surface area contributed by atoms with Gasteiger partial charge >= 0.3 is 6.16 Å². The second-order valence-corrected chi connectivity index (χ2v) is 2.89. The van der Waals surface area contributed by atoms with Crippen molar-refractivity contribution in [1.82, 2.24) is 0 Å². The standard InChI is InChI=1S/C2H6O3S.CH2O3/c1-2-6(3,4)5;2-1(3)4/h2H2,1H3,(H,3,4,5);(H2,2,3,4). The maximum atomic E-state index is 9.56. The SMILES string of the molecule is CCS(=O)(=O)O.O=C(O)O. The summed E-state index contributed by atoms with van der Waals surface area (Å²) in [6, 6.07) is 0. The molecule has 0 spiro atoms. The molecule has 10 heavy (non-hydrogen) atoms. The van der Waals surface area contributed by atoms with Gasteiger partial charge in [-0.15, -0.1) is 0 Å². The third-order valence-corrected chi connectivity index (χ3v) is 1.09. The molecule has 0 unspecified atom stereocenters. The average molecular weight is 172 g/mol. The molecule has 0 aliphatic carbocycles. The molecular weight excluding hydrogens is 164 g/mol. The van der Waals surface area contributed by atoms with E-state index in [1.54, 1.807) is 0 Å². The van der Waals surface area contributed by atoms with Crippen LogP contribution in [0.2, 0.25) is 0 Å². The molecule has 62 valence electrons. The third kappa shape index (κ3) is 57.7. The molecule has 0 aromatic carbocycles. The van der Waals surface area contributed by atoms with Crippen molar-refractivity contribution in [2.45, 2.75) is 6.92 Å². The van der Waals surface area contributed by atoms with Crippen LogP contribution in [0.4, 0.5) is 4.79 Å². The van der Waals surface area contributed by atoms with E-state index in [1.165, 1.54) is 6.92 Å². The molecule has 0 atom stereocenters. The van der Waals surface area contributed by atoms with E-state index in [2.05, 4.69) is 0 Å². The highest BCUT2D eigenvalue weighted by atomic mass is 32.2. The molecule has 7 heteroatoms. The first-order chi connectivity index (χ1) is 4.29. The molecule has 0 aromatic rings. The van der Waals surface area contributed by atoms with Crippen molar-refractivity contribution in [3.8, 4) is 0 Å². The second-order valence-electron chi connectivity index (χ2n) is 1.15. The Morgan fingerprint density at radius 3 is 1.50 bits per heavy atom. The maximum absolute atomic E-state index is 9.56. The van der Waals surface area contributed by atoms with Gasteiger partial charge in [0.05, 0.1) is 5.75 Å². The van der Waals surface area contributed by atoms with Gasteiger partial charge < -0.3 is 10.2 Å². The monoisotopic (exact) mass is 172 g/mol. The largest absolute Gasteiger partial charge is 0.503 e. The molecule has 0 rings (SSSR count). The summed E-state index contributed by atoms with van der Waals surface area (Å²) < 4.78 is 26.9. The summed E-state index contributed by atoms with van der Waals surface area (Å²) in [6.45, 7) is 1.37. The van der Waals surface area contributed by atoms with Gasteiger partial charge in [0.1, 0.15) is 0 Å². The van der Waals surface area contributed by atoms with Crippen LogP contribution in [0.15, 0.2) is 0 Å². The van der Waals surface area contributed by atoms with Gasteiger partial charge in [0.15, 0.2) is 0 Å². The molecule has 6 nitrogen and oxygen atoms in total. The van der Waals surface area contributed by atoms with Crippen molar-refractivity contribution in [1.29, 1.82) is 0 Å². The van der Waals surface area contributed by atoms with Gasteiger partial charge in [-0.05, 0) is 6.92 Å². The van der Waals surface area contributed by atoms with Crippen LogP contribution in [0.3, 0.4) is 0 Å². The van der Waals surface area contributed by atoms with Crippen molar-refractivity contribution in [3.63, 3.8) is 0 Å². The van der Waals surface area contributed by atoms with E-state index >= 15 is 0 Å². The van der Waals surface area contributed by atoms with Crippen molar-refractivity contribution < 1.29 is 28.0 Å². The lowest BCUT2D eigenvalue weighted by molar-refractivity contribution is 0.137. The molecule has 3 N–H and O–H groups in total. The first-order valence-electron chi connectivity index (χ1n) is 2.16. The van der Waals surface area contributed by atoms with Crippen LogP contribution >= 0.6 is 0 Å². The number of hydrogen-bond donors (Lipinski definition) is 3. The Bertz CT molecular complexity index is 175. The Morgan fingerprint density at radius 2 is 1.50 bits per heavy atom. The molecule has 0 aliphatic heterocycles. The first-order valence-corrected chi connectivity index (χ1v) is 3.77. The average Bonchev–Trinajstić information content (AvgIpc) is 1.63. The minimum Gasteiger partial charge on any atom is -0.450 e. The summed E-state index contributed by atoms with van der Waals surface area (Å²) in [4.78, 5) is 8.56. The first kappa shape index (κ1) is 11.9. The Kier molecular flexibility index (Phi) is 5.96. The molecule has 0 radical (unpaired) electrons. The molecule has 0 heterocycles. The predicted octanol–water partition coefficient (Wildman–Crippen LogP) is 0.117. The smallest absolute Gasteiger partial charge is 0.450 e. The van der Waals surface area contributed by atoms with E-state index < -0.39 is 16.3 Å². The summed E-state index contributed by atoms with van der Waals surface area (Å²) >= 11 is 0. The highest BCUT2D eigenvalue weighted by Gasteiger charge is 1.93. The number of hydrogen-bond acceptors (Lipinski definition) is 3. The zero-order valence-corrected chi connectivity index (χ0v) is 6.00. The van der Waals surface area contributed by atoms with E-state index in [0.717, 1.165) is 0 Å². The summed E-state index contributed by atoms with van der Waals surface area (Å²) in [5, 5.41) is 13.9. The fourth-order valence-electron chi connectivity index (χ4n) is 0. The minimum absolute atomic E-state index is 0.201. The molecule has 0 saturated heterocycles. The normalized spacial score (nSPS) is 9.40. The van der Waals surface area contributed by atoms with E-state index in [-0.39, 0.29) is 5.75 Å². The zero-order chi connectivity index (χ0) is 8.78.